The molecule has 0 N–H and O–H groups in total. The summed E-state index contributed by atoms with van der Waals surface area (Å²) in [6.07, 6.45) is -3.01. The fraction of sp³-hybridized carbons (Fsp3) is 0.158. The van der Waals surface area contributed by atoms with Crippen molar-refractivity contribution in [3.8, 4) is 22.5 Å². The van der Waals surface area contributed by atoms with Crippen LogP contribution in [0.4, 0.5) is 13.2 Å². The van der Waals surface area contributed by atoms with Gasteiger partial charge in [-0.15, -0.1) is 0 Å². The van der Waals surface area contributed by atoms with Crippen LogP contribution in [0.15, 0.2) is 67.0 Å². The highest BCUT2D eigenvalue weighted by atomic mass is 19.4. The highest BCUT2D eigenvalue weighted by molar-refractivity contribution is 6.63. The molecule has 3 heterocycles. The molecule has 0 radical (unpaired) electrons. The molecule has 0 saturated carbocycles. The van der Waals surface area contributed by atoms with E-state index in [1.807, 2.05) is 36.4 Å². The number of aromatic nitrogens is 2. The molecule has 1 unspecified atom stereocenters. The van der Waals surface area contributed by atoms with Crippen LogP contribution in [0.5, 0.6) is 0 Å². The number of benzene rings is 1. The highest BCUT2D eigenvalue weighted by Crippen LogP contribution is 2.29. The molecule has 1 aromatic carbocycles. The summed E-state index contributed by atoms with van der Waals surface area (Å²) in [6.45, 7) is -0.515. The van der Waals surface area contributed by atoms with Crippen LogP contribution in [0.25, 0.3) is 22.5 Å². The van der Waals surface area contributed by atoms with Crippen LogP contribution in [-0.2, 0) is 9.31 Å². The molecule has 0 aliphatic carbocycles. The van der Waals surface area contributed by atoms with E-state index in [1.54, 1.807) is 30.6 Å². The van der Waals surface area contributed by atoms with Gasteiger partial charge in [0, 0.05) is 12.4 Å². The Kier molecular flexibility index (Phi) is 4.67. The predicted octanol–water partition coefficient (Wildman–Crippen LogP) is 3.48. The zero-order chi connectivity index (χ0) is 18.9. The minimum absolute atomic E-state index is 0.515. The first-order valence-electron chi connectivity index (χ1n) is 8.33. The second-order valence-corrected chi connectivity index (χ2v) is 6.07. The second-order valence-electron chi connectivity index (χ2n) is 6.07. The Morgan fingerprint density at radius 3 is 2.37 bits per heavy atom. The molecule has 0 spiro atoms. The molecule has 1 aliphatic rings. The maximum atomic E-state index is 12.9. The zero-order valence-corrected chi connectivity index (χ0v) is 14.1. The van der Waals surface area contributed by atoms with Crippen molar-refractivity contribution in [1.29, 1.82) is 0 Å². The van der Waals surface area contributed by atoms with Gasteiger partial charge in [0.25, 0.3) is 0 Å². The SMILES string of the molecule is FC(F)(F)C1COB(c2ccccc2-c2ccc(-c3ccccn3)nc2)O1. The third-order valence-corrected chi connectivity index (χ3v) is 4.27. The lowest BCUT2D eigenvalue weighted by Gasteiger charge is -2.15. The molecule has 3 aromatic rings. The van der Waals surface area contributed by atoms with Crippen LogP contribution < -0.4 is 5.46 Å². The molecule has 1 atom stereocenters. The van der Waals surface area contributed by atoms with E-state index in [9.17, 15) is 13.2 Å². The number of halogens is 3. The molecule has 2 aromatic heterocycles. The highest BCUT2D eigenvalue weighted by Gasteiger charge is 2.48. The van der Waals surface area contributed by atoms with Crippen LogP contribution in [-0.4, -0.2) is 36.0 Å². The Hall–Kier alpha value is -2.71. The fourth-order valence-corrected chi connectivity index (χ4v) is 2.92. The summed E-state index contributed by atoms with van der Waals surface area (Å²) in [5, 5.41) is 0. The van der Waals surface area contributed by atoms with Gasteiger partial charge in [0.2, 0.25) is 0 Å². The average Bonchev–Trinajstić information content (AvgIpc) is 3.20. The van der Waals surface area contributed by atoms with Crippen molar-refractivity contribution >= 4 is 12.6 Å². The summed E-state index contributed by atoms with van der Waals surface area (Å²) in [6, 6.07) is 16.3. The van der Waals surface area contributed by atoms with Crippen molar-refractivity contribution in [3.05, 3.63) is 67.0 Å². The van der Waals surface area contributed by atoms with Crippen molar-refractivity contribution in [1.82, 2.24) is 9.97 Å². The number of rotatable bonds is 3. The number of hydrogen-bond donors (Lipinski definition) is 0. The third kappa shape index (κ3) is 3.72. The molecule has 27 heavy (non-hydrogen) atoms. The molecule has 1 aliphatic heterocycles. The van der Waals surface area contributed by atoms with Crippen LogP contribution in [0, 0.1) is 0 Å². The van der Waals surface area contributed by atoms with Gasteiger partial charge in [0.1, 0.15) is 0 Å². The lowest BCUT2D eigenvalue weighted by Crippen LogP contribution is -2.37. The Bertz CT molecular complexity index is 920. The molecular weight excluding hydrogens is 356 g/mol. The maximum Gasteiger partial charge on any atom is 0.495 e. The van der Waals surface area contributed by atoms with E-state index in [-0.39, 0.29) is 0 Å². The first-order valence-corrected chi connectivity index (χ1v) is 8.33. The summed E-state index contributed by atoms with van der Waals surface area (Å²) in [4.78, 5) is 8.68. The molecule has 4 rings (SSSR count). The van der Waals surface area contributed by atoms with Crippen LogP contribution >= 0.6 is 0 Å². The van der Waals surface area contributed by atoms with Gasteiger partial charge < -0.3 is 9.31 Å². The van der Waals surface area contributed by atoms with Gasteiger partial charge in [-0.1, -0.05) is 36.4 Å². The van der Waals surface area contributed by atoms with Gasteiger partial charge in [0.15, 0.2) is 6.10 Å². The molecule has 136 valence electrons. The topological polar surface area (TPSA) is 44.2 Å². The Balaban J connectivity index is 1.62. The van der Waals surface area contributed by atoms with Gasteiger partial charge >= 0.3 is 13.3 Å². The lowest BCUT2D eigenvalue weighted by molar-refractivity contribution is -0.190. The Labute approximate surface area is 154 Å². The standard InChI is InChI=1S/C19H14BF3N2O2/c21-19(22,23)18-12-26-20(27-18)15-6-2-1-5-14(15)13-8-9-17(25-11-13)16-7-3-4-10-24-16/h1-11,18H,12H2. The van der Waals surface area contributed by atoms with Crippen molar-refractivity contribution in [3.63, 3.8) is 0 Å². The fourth-order valence-electron chi connectivity index (χ4n) is 2.92. The minimum Gasteiger partial charge on any atom is -0.404 e. The van der Waals surface area contributed by atoms with E-state index < -0.39 is 26.0 Å². The molecule has 0 amide bonds. The zero-order valence-electron chi connectivity index (χ0n) is 14.1. The van der Waals surface area contributed by atoms with Gasteiger partial charge in [-0.25, -0.2) is 0 Å². The van der Waals surface area contributed by atoms with E-state index in [2.05, 4.69) is 9.97 Å². The number of nitrogens with zero attached hydrogens (tertiary/aromatic N) is 2. The van der Waals surface area contributed by atoms with E-state index in [4.69, 9.17) is 9.31 Å². The maximum absolute atomic E-state index is 12.9. The minimum atomic E-state index is -4.45. The van der Waals surface area contributed by atoms with Gasteiger partial charge in [0.05, 0.1) is 18.0 Å². The summed E-state index contributed by atoms with van der Waals surface area (Å²) in [7, 11) is -1.07. The first-order chi connectivity index (χ1) is 13.0. The lowest BCUT2D eigenvalue weighted by atomic mass is 9.75. The molecule has 0 bridgehead atoms. The monoisotopic (exact) mass is 370 g/mol. The summed E-state index contributed by atoms with van der Waals surface area (Å²) >= 11 is 0. The summed E-state index contributed by atoms with van der Waals surface area (Å²) < 4.78 is 48.9. The van der Waals surface area contributed by atoms with Crippen molar-refractivity contribution in [2.24, 2.45) is 0 Å². The van der Waals surface area contributed by atoms with Gasteiger partial charge in [-0.05, 0) is 34.8 Å². The second kappa shape index (κ2) is 7.13. The van der Waals surface area contributed by atoms with Crippen molar-refractivity contribution in [2.45, 2.75) is 12.3 Å². The van der Waals surface area contributed by atoms with Crippen molar-refractivity contribution in [2.75, 3.05) is 6.61 Å². The number of pyridine rings is 2. The van der Waals surface area contributed by atoms with E-state index in [0.29, 0.717) is 16.7 Å². The molecule has 1 saturated heterocycles. The van der Waals surface area contributed by atoms with Crippen LogP contribution in [0.3, 0.4) is 0 Å². The summed E-state index contributed by atoms with van der Waals surface area (Å²) in [5.41, 5.74) is 3.46. The largest absolute Gasteiger partial charge is 0.495 e. The van der Waals surface area contributed by atoms with E-state index in [1.165, 1.54) is 0 Å². The van der Waals surface area contributed by atoms with E-state index in [0.717, 1.165) is 11.3 Å². The molecule has 1 fully saturated rings. The predicted molar refractivity (Wildman–Crippen MR) is 95.2 cm³/mol. The smallest absolute Gasteiger partial charge is 0.404 e. The Morgan fingerprint density at radius 1 is 0.926 bits per heavy atom. The first kappa shape index (κ1) is 17.7. The van der Waals surface area contributed by atoms with Crippen LogP contribution in [0.1, 0.15) is 0 Å². The third-order valence-electron chi connectivity index (χ3n) is 4.27. The Morgan fingerprint density at radius 2 is 1.70 bits per heavy atom. The average molecular weight is 370 g/mol. The van der Waals surface area contributed by atoms with Gasteiger partial charge in [-0.2, -0.15) is 13.2 Å². The number of alkyl halides is 3. The summed E-state index contributed by atoms with van der Waals surface area (Å²) in [5.74, 6) is 0. The van der Waals surface area contributed by atoms with Gasteiger partial charge in [-0.3, -0.25) is 9.97 Å². The molecular formula is C19H14BF3N2O2. The molecule has 8 heteroatoms. The number of hydrogen-bond acceptors (Lipinski definition) is 4. The van der Waals surface area contributed by atoms with E-state index >= 15 is 0 Å². The normalized spacial score (nSPS) is 17.3. The quantitative estimate of drug-likeness (QED) is 0.663. The van der Waals surface area contributed by atoms with Crippen molar-refractivity contribution < 1.29 is 22.5 Å². The molecule has 4 nitrogen and oxygen atoms in total. The van der Waals surface area contributed by atoms with Crippen LogP contribution in [0.2, 0.25) is 0 Å².